The van der Waals surface area contributed by atoms with Crippen molar-refractivity contribution in [3.8, 4) is 5.69 Å². The number of para-hydroxylation sites is 1. The van der Waals surface area contributed by atoms with Gasteiger partial charge >= 0.3 is 0 Å². The summed E-state index contributed by atoms with van der Waals surface area (Å²) in [7, 11) is 4.22. The maximum Gasteiger partial charge on any atom is 0.191 e. The lowest BCUT2D eigenvalue weighted by molar-refractivity contribution is 0.241. The van der Waals surface area contributed by atoms with Gasteiger partial charge in [-0.2, -0.15) is 5.10 Å². The molecule has 0 saturated carbocycles. The Morgan fingerprint density at radius 1 is 1.18 bits per heavy atom. The van der Waals surface area contributed by atoms with Gasteiger partial charge in [-0.05, 0) is 58.0 Å². The summed E-state index contributed by atoms with van der Waals surface area (Å²) in [5, 5.41) is 11.5. The van der Waals surface area contributed by atoms with E-state index in [-0.39, 0.29) is 5.41 Å². The average molecular weight is 385 g/mol. The van der Waals surface area contributed by atoms with Crippen molar-refractivity contribution in [3.63, 3.8) is 0 Å². The Morgan fingerprint density at radius 2 is 1.89 bits per heavy atom. The largest absolute Gasteiger partial charge is 0.357 e. The van der Waals surface area contributed by atoms with E-state index in [1.165, 1.54) is 0 Å². The fourth-order valence-electron chi connectivity index (χ4n) is 3.46. The van der Waals surface area contributed by atoms with Crippen LogP contribution in [0.3, 0.4) is 0 Å². The van der Waals surface area contributed by atoms with E-state index in [1.54, 1.807) is 0 Å². The van der Waals surface area contributed by atoms with Gasteiger partial charge < -0.3 is 15.5 Å². The molecule has 6 heteroatoms. The molecule has 0 spiro atoms. The number of nitrogens with zero attached hydrogens (tertiary/aromatic N) is 4. The van der Waals surface area contributed by atoms with Gasteiger partial charge in [-0.15, -0.1) is 0 Å². The molecule has 1 heterocycles. The SMILES string of the molecule is CCNC(=NCc1ccccc1-n1nc(C)cc1C)NCC(C)(C)CN(C)C. The van der Waals surface area contributed by atoms with E-state index >= 15 is 0 Å². The fourth-order valence-corrected chi connectivity index (χ4v) is 3.46. The smallest absolute Gasteiger partial charge is 0.191 e. The Labute approximate surface area is 170 Å². The lowest BCUT2D eigenvalue weighted by Gasteiger charge is -2.29. The first kappa shape index (κ1) is 22.0. The predicted octanol–water partition coefficient (Wildman–Crippen LogP) is 3.13. The van der Waals surface area contributed by atoms with Crippen molar-refractivity contribution >= 4 is 5.96 Å². The van der Waals surface area contributed by atoms with Gasteiger partial charge in [0.05, 0.1) is 17.9 Å². The molecule has 0 aliphatic rings. The normalized spacial score (nSPS) is 12.5. The number of aryl methyl sites for hydroxylation is 2. The third-order valence-corrected chi connectivity index (χ3v) is 4.46. The Bertz CT molecular complexity index is 788. The molecule has 0 atom stereocenters. The molecule has 0 fully saturated rings. The summed E-state index contributed by atoms with van der Waals surface area (Å²) < 4.78 is 2.00. The molecule has 0 radical (unpaired) electrons. The summed E-state index contributed by atoms with van der Waals surface area (Å²) in [5.41, 5.74) is 4.54. The molecular formula is C22H36N6. The number of guanidine groups is 1. The van der Waals surface area contributed by atoms with Crippen LogP contribution in [-0.2, 0) is 6.54 Å². The maximum absolute atomic E-state index is 4.83. The van der Waals surface area contributed by atoms with Crippen molar-refractivity contribution in [2.24, 2.45) is 10.4 Å². The number of aromatic nitrogens is 2. The van der Waals surface area contributed by atoms with Gasteiger partial charge in [-0.1, -0.05) is 32.0 Å². The van der Waals surface area contributed by atoms with Crippen LogP contribution in [0.1, 0.15) is 37.7 Å². The Morgan fingerprint density at radius 3 is 2.50 bits per heavy atom. The van der Waals surface area contributed by atoms with E-state index < -0.39 is 0 Å². The Hall–Kier alpha value is -2.34. The number of aliphatic imine (C=N–C) groups is 1. The van der Waals surface area contributed by atoms with Gasteiger partial charge in [0.25, 0.3) is 0 Å². The van der Waals surface area contributed by atoms with Crippen molar-refractivity contribution in [3.05, 3.63) is 47.3 Å². The Balaban J connectivity index is 2.16. The summed E-state index contributed by atoms with van der Waals surface area (Å²) in [6, 6.07) is 10.4. The minimum absolute atomic E-state index is 0.154. The molecule has 0 amide bonds. The number of rotatable bonds is 8. The number of nitrogens with one attached hydrogen (secondary N) is 2. The minimum Gasteiger partial charge on any atom is -0.357 e. The summed E-state index contributed by atoms with van der Waals surface area (Å²) in [4.78, 5) is 7.05. The van der Waals surface area contributed by atoms with Crippen LogP contribution in [0.4, 0.5) is 0 Å². The number of hydrogen-bond donors (Lipinski definition) is 2. The van der Waals surface area contributed by atoms with Crippen LogP contribution in [0, 0.1) is 19.3 Å². The average Bonchev–Trinajstić information content (AvgIpc) is 2.94. The molecular weight excluding hydrogens is 348 g/mol. The van der Waals surface area contributed by atoms with Crippen LogP contribution >= 0.6 is 0 Å². The van der Waals surface area contributed by atoms with Crippen molar-refractivity contribution in [2.45, 2.75) is 41.2 Å². The first-order valence-electron chi connectivity index (χ1n) is 10.0. The number of benzene rings is 1. The fraction of sp³-hybridized carbons (Fsp3) is 0.545. The van der Waals surface area contributed by atoms with E-state index in [4.69, 9.17) is 4.99 Å². The highest BCUT2D eigenvalue weighted by Crippen LogP contribution is 2.18. The Kier molecular flexibility index (Phi) is 7.63. The van der Waals surface area contributed by atoms with Crippen molar-refractivity contribution in [2.75, 3.05) is 33.7 Å². The molecule has 2 aromatic rings. The van der Waals surface area contributed by atoms with Crippen LogP contribution in [0.15, 0.2) is 35.3 Å². The molecule has 0 bridgehead atoms. The molecule has 6 nitrogen and oxygen atoms in total. The molecule has 1 aromatic carbocycles. The molecule has 2 rings (SSSR count). The standard InChI is InChI=1S/C22H36N6/c1-8-23-21(25-15-22(4,5)16-27(6)7)24-14-19-11-9-10-12-20(19)28-18(3)13-17(2)26-28/h9-13H,8,14-16H2,1-7H3,(H2,23,24,25). The van der Waals surface area contributed by atoms with Gasteiger partial charge in [0.15, 0.2) is 5.96 Å². The summed E-state index contributed by atoms with van der Waals surface area (Å²) in [6.07, 6.45) is 0. The van der Waals surface area contributed by atoms with E-state index in [2.05, 4.69) is 86.7 Å². The molecule has 0 aliphatic heterocycles. The van der Waals surface area contributed by atoms with Crippen LogP contribution in [0.25, 0.3) is 5.69 Å². The lowest BCUT2D eigenvalue weighted by Crippen LogP contribution is -2.44. The van der Waals surface area contributed by atoms with E-state index in [0.29, 0.717) is 6.54 Å². The van der Waals surface area contributed by atoms with Crippen molar-refractivity contribution < 1.29 is 0 Å². The van der Waals surface area contributed by atoms with Crippen LogP contribution in [0.2, 0.25) is 0 Å². The highest BCUT2D eigenvalue weighted by Gasteiger charge is 2.19. The van der Waals surface area contributed by atoms with Gasteiger partial charge in [0.2, 0.25) is 0 Å². The molecule has 28 heavy (non-hydrogen) atoms. The predicted molar refractivity (Wildman–Crippen MR) is 118 cm³/mol. The molecule has 154 valence electrons. The quantitative estimate of drug-likeness (QED) is 0.542. The third-order valence-electron chi connectivity index (χ3n) is 4.46. The first-order valence-corrected chi connectivity index (χ1v) is 10.0. The van der Waals surface area contributed by atoms with Crippen molar-refractivity contribution in [1.82, 2.24) is 25.3 Å². The van der Waals surface area contributed by atoms with Crippen LogP contribution in [-0.4, -0.2) is 54.4 Å². The lowest BCUT2D eigenvalue weighted by atomic mass is 9.93. The molecule has 2 N–H and O–H groups in total. The topological polar surface area (TPSA) is 57.5 Å². The molecule has 0 unspecified atom stereocenters. The first-order chi connectivity index (χ1) is 13.2. The zero-order chi connectivity index (χ0) is 20.7. The summed E-state index contributed by atoms with van der Waals surface area (Å²) in [5.74, 6) is 0.845. The summed E-state index contributed by atoms with van der Waals surface area (Å²) in [6.45, 7) is 14.0. The van der Waals surface area contributed by atoms with Gasteiger partial charge in [-0.3, -0.25) is 0 Å². The summed E-state index contributed by atoms with van der Waals surface area (Å²) >= 11 is 0. The zero-order valence-electron chi connectivity index (χ0n) is 18.5. The van der Waals surface area contributed by atoms with Crippen molar-refractivity contribution in [1.29, 1.82) is 0 Å². The molecule has 0 aliphatic carbocycles. The highest BCUT2D eigenvalue weighted by atomic mass is 15.3. The maximum atomic E-state index is 4.83. The van der Waals surface area contributed by atoms with E-state index in [0.717, 1.165) is 48.2 Å². The van der Waals surface area contributed by atoms with Gasteiger partial charge in [0, 0.05) is 25.3 Å². The second-order valence-corrected chi connectivity index (χ2v) is 8.42. The number of hydrogen-bond acceptors (Lipinski definition) is 3. The second-order valence-electron chi connectivity index (χ2n) is 8.42. The second kappa shape index (κ2) is 9.73. The molecule has 1 aromatic heterocycles. The van der Waals surface area contributed by atoms with Crippen LogP contribution < -0.4 is 10.6 Å². The molecule has 0 saturated heterocycles. The highest BCUT2D eigenvalue weighted by molar-refractivity contribution is 5.79. The van der Waals surface area contributed by atoms with Gasteiger partial charge in [0.1, 0.15) is 0 Å². The van der Waals surface area contributed by atoms with Gasteiger partial charge in [-0.25, -0.2) is 9.67 Å². The zero-order valence-corrected chi connectivity index (χ0v) is 18.5. The van der Waals surface area contributed by atoms with Crippen LogP contribution in [0.5, 0.6) is 0 Å². The minimum atomic E-state index is 0.154. The van der Waals surface area contributed by atoms with E-state index in [1.807, 2.05) is 17.7 Å². The van der Waals surface area contributed by atoms with E-state index in [9.17, 15) is 0 Å². The monoisotopic (exact) mass is 384 g/mol. The third kappa shape index (κ3) is 6.37.